The van der Waals surface area contributed by atoms with Gasteiger partial charge in [0.15, 0.2) is 0 Å². The van der Waals surface area contributed by atoms with Crippen LogP contribution in [0.5, 0.6) is 0 Å². The van der Waals surface area contributed by atoms with Crippen LogP contribution in [0.3, 0.4) is 0 Å². The normalized spacial score (nSPS) is 15.6. The fourth-order valence-electron chi connectivity index (χ4n) is 3.00. The van der Waals surface area contributed by atoms with Crippen LogP contribution in [0.15, 0.2) is 53.2 Å². The van der Waals surface area contributed by atoms with Crippen molar-refractivity contribution in [1.82, 2.24) is 9.80 Å². The van der Waals surface area contributed by atoms with Gasteiger partial charge in [-0.05, 0) is 30.3 Å². The molecule has 0 radical (unpaired) electrons. The maximum atomic E-state index is 13.0. The van der Waals surface area contributed by atoms with Crippen LogP contribution in [0.25, 0.3) is 6.08 Å². The van der Waals surface area contributed by atoms with Crippen LogP contribution in [-0.4, -0.2) is 54.3 Å². The molecule has 2 heterocycles. The van der Waals surface area contributed by atoms with Gasteiger partial charge in [0, 0.05) is 32.3 Å². The van der Waals surface area contributed by atoms with Crippen LogP contribution in [0.1, 0.15) is 11.3 Å². The Kier molecular flexibility index (Phi) is 6.38. The molecule has 29 heavy (non-hydrogen) atoms. The van der Waals surface area contributed by atoms with Crippen molar-refractivity contribution in [3.63, 3.8) is 0 Å². The fraction of sp³-hybridized carbons (Fsp3) is 0.300. The van der Waals surface area contributed by atoms with E-state index in [0.29, 0.717) is 31.9 Å². The molecule has 2 amide bonds. The largest absolute Gasteiger partial charge is 0.465 e. The van der Waals surface area contributed by atoms with Crippen molar-refractivity contribution in [2.24, 2.45) is 0 Å². The summed E-state index contributed by atoms with van der Waals surface area (Å²) in [6.07, 6.45) is -0.0182. The van der Waals surface area contributed by atoms with Crippen LogP contribution in [-0.2, 0) is 15.8 Å². The van der Waals surface area contributed by atoms with Gasteiger partial charge in [-0.15, -0.1) is 0 Å². The molecule has 0 aliphatic carbocycles. The molecule has 0 saturated carbocycles. The van der Waals surface area contributed by atoms with Gasteiger partial charge in [-0.25, -0.2) is 0 Å². The molecule has 1 saturated heterocycles. The van der Waals surface area contributed by atoms with E-state index < -0.39 is 17.6 Å². The van der Waals surface area contributed by atoms with Crippen molar-refractivity contribution in [3.8, 4) is 0 Å². The number of benzene rings is 1. The van der Waals surface area contributed by atoms with Crippen LogP contribution in [0, 0.1) is 0 Å². The highest BCUT2D eigenvalue weighted by Gasteiger charge is 2.33. The standard InChI is InChI=1S/C20H20F3N3O3/c21-20(22,23)16-5-1-2-6-17(16)24-18(27)14-25-9-11-26(12-10-25)19(28)8-7-15-4-3-13-29-15/h1-8,13H,9-12,14H2,(H,24,27)/b8-7+. The van der Waals surface area contributed by atoms with Crippen molar-refractivity contribution < 1.29 is 27.2 Å². The average molecular weight is 407 g/mol. The first kappa shape index (κ1) is 20.7. The monoisotopic (exact) mass is 407 g/mol. The Morgan fingerprint density at radius 2 is 1.79 bits per heavy atom. The minimum absolute atomic E-state index is 0.0452. The SMILES string of the molecule is O=C(CN1CCN(C(=O)/C=C/c2ccco2)CC1)Nc1ccccc1C(F)(F)F. The second-order valence-electron chi connectivity index (χ2n) is 6.54. The zero-order valence-electron chi connectivity index (χ0n) is 15.5. The van der Waals surface area contributed by atoms with Gasteiger partial charge >= 0.3 is 6.18 Å². The van der Waals surface area contributed by atoms with Gasteiger partial charge in [0.2, 0.25) is 11.8 Å². The van der Waals surface area contributed by atoms with Crippen LogP contribution >= 0.6 is 0 Å². The second-order valence-corrected chi connectivity index (χ2v) is 6.54. The maximum absolute atomic E-state index is 13.0. The van der Waals surface area contributed by atoms with Crippen molar-refractivity contribution in [1.29, 1.82) is 0 Å². The van der Waals surface area contributed by atoms with E-state index in [4.69, 9.17) is 4.42 Å². The lowest BCUT2D eigenvalue weighted by molar-refractivity contribution is -0.137. The molecule has 1 N–H and O–H groups in total. The lowest BCUT2D eigenvalue weighted by atomic mass is 10.1. The summed E-state index contributed by atoms with van der Waals surface area (Å²) in [5, 5.41) is 2.33. The van der Waals surface area contributed by atoms with Gasteiger partial charge < -0.3 is 14.6 Å². The highest BCUT2D eigenvalue weighted by Crippen LogP contribution is 2.34. The second kappa shape index (κ2) is 8.95. The number of anilines is 1. The fourth-order valence-corrected chi connectivity index (χ4v) is 3.00. The predicted octanol–water partition coefficient (Wildman–Crippen LogP) is 3.09. The number of rotatable bonds is 5. The number of hydrogen-bond acceptors (Lipinski definition) is 4. The Hall–Kier alpha value is -3.07. The summed E-state index contributed by atoms with van der Waals surface area (Å²) >= 11 is 0. The summed E-state index contributed by atoms with van der Waals surface area (Å²) in [6.45, 7) is 1.71. The summed E-state index contributed by atoms with van der Waals surface area (Å²) in [7, 11) is 0. The number of hydrogen-bond donors (Lipinski definition) is 1. The van der Waals surface area contributed by atoms with Gasteiger partial charge in [0.25, 0.3) is 0 Å². The molecule has 1 aromatic carbocycles. The summed E-state index contributed by atoms with van der Waals surface area (Å²) in [4.78, 5) is 27.8. The van der Waals surface area contributed by atoms with E-state index in [0.717, 1.165) is 6.07 Å². The van der Waals surface area contributed by atoms with Gasteiger partial charge in [0.05, 0.1) is 24.1 Å². The minimum atomic E-state index is -4.54. The van der Waals surface area contributed by atoms with E-state index in [2.05, 4.69) is 5.32 Å². The van der Waals surface area contributed by atoms with E-state index in [-0.39, 0.29) is 18.1 Å². The molecule has 0 unspecified atom stereocenters. The van der Waals surface area contributed by atoms with Crippen LogP contribution < -0.4 is 5.32 Å². The van der Waals surface area contributed by atoms with Gasteiger partial charge in [-0.1, -0.05) is 12.1 Å². The first-order valence-corrected chi connectivity index (χ1v) is 9.02. The third-order valence-electron chi connectivity index (χ3n) is 4.49. The molecular formula is C20H20F3N3O3. The molecule has 1 aromatic heterocycles. The number of halogens is 3. The first-order chi connectivity index (χ1) is 13.8. The van der Waals surface area contributed by atoms with E-state index in [1.54, 1.807) is 28.0 Å². The van der Waals surface area contributed by atoms with Gasteiger partial charge in [0.1, 0.15) is 5.76 Å². The Morgan fingerprint density at radius 1 is 1.07 bits per heavy atom. The number of piperazine rings is 1. The van der Waals surface area contributed by atoms with Gasteiger partial charge in [-0.2, -0.15) is 13.2 Å². The average Bonchev–Trinajstić information content (AvgIpc) is 3.20. The number of nitrogens with one attached hydrogen (secondary N) is 1. The lowest BCUT2D eigenvalue weighted by Gasteiger charge is -2.33. The highest BCUT2D eigenvalue weighted by molar-refractivity contribution is 5.93. The number of carbonyl (C=O) groups is 2. The molecule has 1 fully saturated rings. The summed E-state index contributed by atoms with van der Waals surface area (Å²) < 4.78 is 44.2. The zero-order chi connectivity index (χ0) is 20.9. The van der Waals surface area contributed by atoms with Gasteiger partial charge in [-0.3, -0.25) is 14.5 Å². The van der Waals surface area contributed by atoms with E-state index in [9.17, 15) is 22.8 Å². The lowest BCUT2D eigenvalue weighted by Crippen LogP contribution is -2.50. The number of nitrogens with zero attached hydrogens (tertiary/aromatic N) is 2. The molecule has 3 rings (SSSR count). The molecular weight excluding hydrogens is 387 g/mol. The van der Waals surface area contributed by atoms with Crippen molar-refractivity contribution in [2.45, 2.75) is 6.18 Å². The third-order valence-corrected chi connectivity index (χ3v) is 4.49. The van der Waals surface area contributed by atoms with E-state index in [1.807, 2.05) is 0 Å². The minimum Gasteiger partial charge on any atom is -0.465 e. The Balaban J connectivity index is 1.48. The molecule has 2 aromatic rings. The topological polar surface area (TPSA) is 65.8 Å². The van der Waals surface area contributed by atoms with Crippen LogP contribution in [0.2, 0.25) is 0 Å². The number of furan rings is 1. The zero-order valence-corrected chi connectivity index (χ0v) is 15.5. The Bertz CT molecular complexity index is 871. The summed E-state index contributed by atoms with van der Waals surface area (Å²) in [6, 6.07) is 8.32. The molecule has 1 aliphatic rings. The Morgan fingerprint density at radius 3 is 2.45 bits per heavy atom. The highest BCUT2D eigenvalue weighted by atomic mass is 19.4. The number of para-hydroxylation sites is 1. The molecule has 9 heteroatoms. The first-order valence-electron chi connectivity index (χ1n) is 9.02. The molecule has 0 atom stereocenters. The molecule has 154 valence electrons. The number of amides is 2. The smallest absolute Gasteiger partial charge is 0.418 e. The quantitative estimate of drug-likeness (QED) is 0.774. The number of alkyl halides is 3. The van der Waals surface area contributed by atoms with Crippen molar-refractivity contribution >= 4 is 23.6 Å². The Labute approximate surface area is 165 Å². The molecule has 0 bridgehead atoms. The maximum Gasteiger partial charge on any atom is 0.418 e. The van der Waals surface area contributed by atoms with Crippen molar-refractivity contribution in [2.75, 3.05) is 38.0 Å². The molecule has 0 spiro atoms. The summed E-state index contributed by atoms with van der Waals surface area (Å²) in [5.41, 5.74) is -1.14. The van der Waals surface area contributed by atoms with Crippen LogP contribution in [0.4, 0.5) is 18.9 Å². The molecule has 6 nitrogen and oxygen atoms in total. The molecule has 1 aliphatic heterocycles. The summed E-state index contributed by atoms with van der Waals surface area (Å²) in [5.74, 6) is -0.114. The predicted molar refractivity (Wildman–Crippen MR) is 101 cm³/mol. The third kappa shape index (κ3) is 5.71. The van der Waals surface area contributed by atoms with E-state index in [1.165, 1.54) is 30.5 Å². The van der Waals surface area contributed by atoms with E-state index >= 15 is 0 Å². The number of carbonyl (C=O) groups excluding carboxylic acids is 2. The van der Waals surface area contributed by atoms with Crippen molar-refractivity contribution in [3.05, 3.63) is 60.1 Å².